The van der Waals surface area contributed by atoms with Gasteiger partial charge in [0.15, 0.2) is 0 Å². The molecule has 1 aliphatic heterocycles. The van der Waals surface area contributed by atoms with Crippen LogP contribution >= 0.6 is 0 Å². The van der Waals surface area contributed by atoms with Crippen LogP contribution in [0.2, 0.25) is 0 Å². The van der Waals surface area contributed by atoms with E-state index in [1.807, 2.05) is 0 Å². The second-order valence-electron chi connectivity index (χ2n) is 4.18. The summed E-state index contributed by atoms with van der Waals surface area (Å²) in [6, 6.07) is 1.61. The van der Waals surface area contributed by atoms with Crippen molar-refractivity contribution >= 4 is 0 Å². The molecular formula is C10H20N2. The van der Waals surface area contributed by atoms with Crippen LogP contribution in [0.15, 0.2) is 0 Å². The smallest absolute Gasteiger partial charge is 0.0193 e. The topological polar surface area (TPSA) is 24.1 Å². The monoisotopic (exact) mass is 168 g/mol. The Bertz CT molecular complexity index is 108. The standard InChI is InChI=1S/C10H20N2/c1-2-5-9(4-1)12-8-10-6-3-7-11-10/h9-12H,1-8H2/t10-/m1/s1. The lowest BCUT2D eigenvalue weighted by molar-refractivity contribution is 0.465. The summed E-state index contributed by atoms with van der Waals surface area (Å²) >= 11 is 0. The molecule has 0 aromatic rings. The molecule has 1 heterocycles. The van der Waals surface area contributed by atoms with E-state index < -0.39 is 0 Å². The third-order valence-electron chi connectivity index (χ3n) is 3.17. The lowest BCUT2D eigenvalue weighted by Crippen LogP contribution is -2.38. The second kappa shape index (κ2) is 4.24. The van der Waals surface area contributed by atoms with Gasteiger partial charge in [-0.25, -0.2) is 0 Å². The molecule has 2 N–H and O–H groups in total. The maximum Gasteiger partial charge on any atom is 0.0193 e. The molecule has 1 aliphatic carbocycles. The molecule has 2 rings (SSSR count). The fourth-order valence-electron chi connectivity index (χ4n) is 2.37. The lowest BCUT2D eigenvalue weighted by Gasteiger charge is -2.15. The van der Waals surface area contributed by atoms with Crippen LogP contribution in [0.3, 0.4) is 0 Å². The summed E-state index contributed by atoms with van der Waals surface area (Å²) in [5.41, 5.74) is 0. The summed E-state index contributed by atoms with van der Waals surface area (Å²) in [5, 5.41) is 7.18. The molecule has 70 valence electrons. The molecule has 0 radical (unpaired) electrons. The van der Waals surface area contributed by atoms with E-state index in [2.05, 4.69) is 10.6 Å². The number of nitrogens with one attached hydrogen (secondary N) is 2. The van der Waals surface area contributed by atoms with E-state index in [-0.39, 0.29) is 0 Å². The molecule has 2 heteroatoms. The Labute approximate surface area is 75.1 Å². The highest BCUT2D eigenvalue weighted by atomic mass is 15.0. The Hall–Kier alpha value is -0.0800. The zero-order valence-corrected chi connectivity index (χ0v) is 7.81. The highest BCUT2D eigenvalue weighted by Crippen LogP contribution is 2.17. The zero-order valence-electron chi connectivity index (χ0n) is 7.81. The highest BCUT2D eigenvalue weighted by molar-refractivity contribution is 4.80. The van der Waals surface area contributed by atoms with Gasteiger partial charge in [-0.1, -0.05) is 12.8 Å². The molecule has 0 amide bonds. The fraction of sp³-hybridized carbons (Fsp3) is 1.00. The third kappa shape index (κ3) is 2.20. The Morgan fingerprint density at radius 2 is 1.92 bits per heavy atom. The summed E-state index contributed by atoms with van der Waals surface area (Å²) in [4.78, 5) is 0. The predicted molar refractivity (Wildman–Crippen MR) is 51.3 cm³/mol. The van der Waals surface area contributed by atoms with Gasteiger partial charge in [0.05, 0.1) is 0 Å². The highest BCUT2D eigenvalue weighted by Gasteiger charge is 2.18. The summed E-state index contributed by atoms with van der Waals surface area (Å²) in [6.07, 6.45) is 8.45. The van der Waals surface area contributed by atoms with Crippen molar-refractivity contribution in [2.24, 2.45) is 0 Å². The van der Waals surface area contributed by atoms with Gasteiger partial charge in [-0.15, -0.1) is 0 Å². The molecule has 12 heavy (non-hydrogen) atoms. The van der Waals surface area contributed by atoms with Crippen LogP contribution in [-0.2, 0) is 0 Å². The molecular weight excluding hydrogens is 148 g/mol. The predicted octanol–water partition coefficient (Wildman–Crippen LogP) is 1.27. The molecule has 0 unspecified atom stereocenters. The molecule has 2 aliphatic rings. The van der Waals surface area contributed by atoms with E-state index in [0.717, 1.165) is 12.1 Å². The van der Waals surface area contributed by atoms with Crippen molar-refractivity contribution in [1.82, 2.24) is 10.6 Å². The van der Waals surface area contributed by atoms with Crippen LogP contribution < -0.4 is 10.6 Å². The summed E-state index contributed by atoms with van der Waals surface area (Å²) < 4.78 is 0. The van der Waals surface area contributed by atoms with Crippen molar-refractivity contribution in [2.75, 3.05) is 13.1 Å². The number of hydrogen-bond donors (Lipinski definition) is 2. The van der Waals surface area contributed by atoms with Gasteiger partial charge >= 0.3 is 0 Å². The first-order valence-electron chi connectivity index (χ1n) is 5.42. The number of hydrogen-bond acceptors (Lipinski definition) is 2. The number of rotatable bonds is 3. The summed E-state index contributed by atoms with van der Waals surface area (Å²) in [7, 11) is 0. The molecule has 0 aromatic carbocycles. The van der Waals surface area contributed by atoms with Crippen LogP contribution in [0.1, 0.15) is 38.5 Å². The summed E-state index contributed by atoms with van der Waals surface area (Å²) in [5.74, 6) is 0. The Morgan fingerprint density at radius 1 is 1.08 bits per heavy atom. The van der Waals surface area contributed by atoms with Crippen molar-refractivity contribution in [3.8, 4) is 0 Å². The maximum absolute atomic E-state index is 3.66. The minimum Gasteiger partial charge on any atom is -0.313 e. The van der Waals surface area contributed by atoms with E-state index in [9.17, 15) is 0 Å². The van der Waals surface area contributed by atoms with Gasteiger partial charge in [0, 0.05) is 18.6 Å². The SMILES string of the molecule is C1CCC(NC[C@H]2CCCN2)C1. The molecule has 2 nitrogen and oxygen atoms in total. The van der Waals surface area contributed by atoms with E-state index in [1.54, 1.807) is 0 Å². The van der Waals surface area contributed by atoms with Crippen LogP contribution in [0.25, 0.3) is 0 Å². The van der Waals surface area contributed by atoms with Gasteiger partial charge in [-0.2, -0.15) is 0 Å². The summed E-state index contributed by atoms with van der Waals surface area (Å²) in [6.45, 7) is 2.43. The molecule has 2 fully saturated rings. The fourth-order valence-corrected chi connectivity index (χ4v) is 2.37. The zero-order chi connectivity index (χ0) is 8.23. The Kier molecular flexibility index (Phi) is 3.01. The van der Waals surface area contributed by atoms with Crippen LogP contribution in [0.5, 0.6) is 0 Å². The van der Waals surface area contributed by atoms with Crippen molar-refractivity contribution in [3.63, 3.8) is 0 Å². The van der Waals surface area contributed by atoms with Crippen molar-refractivity contribution in [1.29, 1.82) is 0 Å². The first-order valence-corrected chi connectivity index (χ1v) is 5.42. The molecule has 1 saturated heterocycles. The molecule has 0 bridgehead atoms. The Balaban J connectivity index is 1.60. The van der Waals surface area contributed by atoms with Gasteiger partial charge in [0.2, 0.25) is 0 Å². The van der Waals surface area contributed by atoms with Gasteiger partial charge < -0.3 is 10.6 Å². The molecule has 0 aromatic heterocycles. The van der Waals surface area contributed by atoms with Gasteiger partial charge in [0.1, 0.15) is 0 Å². The maximum atomic E-state index is 3.66. The second-order valence-corrected chi connectivity index (χ2v) is 4.18. The van der Waals surface area contributed by atoms with Gasteiger partial charge in [-0.05, 0) is 32.2 Å². The third-order valence-corrected chi connectivity index (χ3v) is 3.17. The largest absolute Gasteiger partial charge is 0.313 e. The van der Waals surface area contributed by atoms with E-state index in [1.165, 1.54) is 51.6 Å². The average Bonchev–Trinajstić information content (AvgIpc) is 2.74. The van der Waals surface area contributed by atoms with E-state index in [0.29, 0.717) is 0 Å². The normalized spacial score (nSPS) is 31.5. The Morgan fingerprint density at radius 3 is 2.58 bits per heavy atom. The average molecular weight is 168 g/mol. The van der Waals surface area contributed by atoms with Crippen molar-refractivity contribution < 1.29 is 0 Å². The van der Waals surface area contributed by atoms with Crippen molar-refractivity contribution in [2.45, 2.75) is 50.6 Å². The molecule has 1 saturated carbocycles. The van der Waals surface area contributed by atoms with Gasteiger partial charge in [0.25, 0.3) is 0 Å². The molecule has 0 spiro atoms. The lowest BCUT2D eigenvalue weighted by atomic mass is 10.2. The quantitative estimate of drug-likeness (QED) is 0.663. The van der Waals surface area contributed by atoms with E-state index >= 15 is 0 Å². The van der Waals surface area contributed by atoms with Crippen LogP contribution in [0.4, 0.5) is 0 Å². The molecule has 1 atom stereocenters. The minimum absolute atomic E-state index is 0.769. The van der Waals surface area contributed by atoms with Gasteiger partial charge in [-0.3, -0.25) is 0 Å². The van der Waals surface area contributed by atoms with Crippen molar-refractivity contribution in [3.05, 3.63) is 0 Å². The first kappa shape index (κ1) is 8.52. The minimum atomic E-state index is 0.769. The van der Waals surface area contributed by atoms with E-state index in [4.69, 9.17) is 0 Å². The first-order chi connectivity index (χ1) is 5.95. The van der Waals surface area contributed by atoms with Crippen LogP contribution in [-0.4, -0.2) is 25.2 Å². The van der Waals surface area contributed by atoms with Crippen LogP contribution in [0, 0.1) is 0 Å².